The number of anilines is 1. The van der Waals surface area contributed by atoms with Gasteiger partial charge in [0.25, 0.3) is 11.6 Å². The van der Waals surface area contributed by atoms with Gasteiger partial charge in [0.15, 0.2) is 0 Å². The Morgan fingerprint density at radius 3 is 2.07 bits per heavy atom. The summed E-state index contributed by atoms with van der Waals surface area (Å²) in [6.45, 7) is 0.174. The first kappa shape index (κ1) is 22.2. The van der Waals surface area contributed by atoms with Crippen LogP contribution in [0.25, 0.3) is 0 Å². The third kappa shape index (κ3) is 4.35. The predicted molar refractivity (Wildman–Crippen MR) is 90.3 cm³/mol. The summed E-state index contributed by atoms with van der Waals surface area (Å²) in [5.41, 5.74) is -4.96. The Balaban J connectivity index is 2.33. The van der Waals surface area contributed by atoms with E-state index < -0.39 is 48.8 Å². The zero-order valence-electron chi connectivity index (χ0n) is 14.4. The van der Waals surface area contributed by atoms with Crippen LogP contribution in [0.1, 0.15) is 6.92 Å². The van der Waals surface area contributed by atoms with E-state index in [4.69, 9.17) is 0 Å². The molecular formula is C16H12F4N2O6S. The van der Waals surface area contributed by atoms with Crippen LogP contribution in [0.3, 0.4) is 0 Å². The minimum absolute atomic E-state index is 0.174. The maximum Gasteiger partial charge on any atom is 0.426 e. The van der Waals surface area contributed by atoms with Crippen molar-refractivity contribution in [3.8, 4) is 0 Å². The number of nitrogens with one attached hydrogen (secondary N) is 1. The van der Waals surface area contributed by atoms with Gasteiger partial charge in [-0.3, -0.25) is 14.9 Å². The zero-order valence-corrected chi connectivity index (χ0v) is 15.2. The number of halogens is 4. The minimum atomic E-state index is -5.33. The average molecular weight is 436 g/mol. The number of rotatable bonds is 5. The van der Waals surface area contributed by atoms with Crippen LogP contribution in [0.15, 0.2) is 52.3 Å². The molecule has 0 spiro atoms. The molecule has 0 fully saturated rings. The molecule has 29 heavy (non-hydrogen) atoms. The molecule has 0 aliphatic rings. The molecule has 1 unspecified atom stereocenters. The molecule has 0 saturated carbocycles. The quantitative estimate of drug-likeness (QED) is 0.422. The monoisotopic (exact) mass is 436 g/mol. The summed E-state index contributed by atoms with van der Waals surface area (Å²) in [4.78, 5) is 20.5. The molecule has 0 radical (unpaired) electrons. The second kappa shape index (κ2) is 7.40. The topological polar surface area (TPSA) is 127 Å². The first-order chi connectivity index (χ1) is 13.2. The van der Waals surface area contributed by atoms with Crippen LogP contribution < -0.4 is 5.32 Å². The van der Waals surface area contributed by atoms with Crippen molar-refractivity contribution in [2.45, 2.75) is 28.5 Å². The Labute approximate surface area is 160 Å². The van der Waals surface area contributed by atoms with Gasteiger partial charge in [-0.25, -0.2) is 12.8 Å². The van der Waals surface area contributed by atoms with Crippen LogP contribution in [0.5, 0.6) is 0 Å². The van der Waals surface area contributed by atoms with Crippen LogP contribution in [0.4, 0.5) is 28.9 Å². The number of non-ortho nitro benzene ring substituents is 1. The number of amides is 1. The highest BCUT2D eigenvalue weighted by Gasteiger charge is 2.55. The van der Waals surface area contributed by atoms with Crippen LogP contribution in [0, 0.1) is 15.9 Å². The van der Waals surface area contributed by atoms with Gasteiger partial charge in [-0.1, -0.05) is 0 Å². The van der Waals surface area contributed by atoms with E-state index in [2.05, 4.69) is 0 Å². The van der Waals surface area contributed by atoms with E-state index in [1.807, 2.05) is 0 Å². The van der Waals surface area contributed by atoms with Crippen molar-refractivity contribution in [1.29, 1.82) is 0 Å². The fraction of sp³-hybridized carbons (Fsp3) is 0.188. The first-order valence-electron chi connectivity index (χ1n) is 7.57. The molecule has 2 rings (SSSR count). The maximum absolute atomic E-state index is 14.2. The molecule has 2 N–H and O–H groups in total. The summed E-state index contributed by atoms with van der Waals surface area (Å²) in [6.07, 6.45) is -5.33. The highest BCUT2D eigenvalue weighted by atomic mass is 32.2. The number of sulfone groups is 1. The Morgan fingerprint density at radius 1 is 1.10 bits per heavy atom. The number of nitro groups is 1. The van der Waals surface area contributed by atoms with Gasteiger partial charge in [0.05, 0.1) is 20.4 Å². The van der Waals surface area contributed by atoms with Crippen molar-refractivity contribution in [2.75, 3.05) is 5.32 Å². The van der Waals surface area contributed by atoms with Gasteiger partial charge in [-0.15, -0.1) is 0 Å². The molecule has 0 heterocycles. The molecule has 2 aromatic rings. The van der Waals surface area contributed by atoms with E-state index >= 15 is 0 Å². The van der Waals surface area contributed by atoms with Crippen molar-refractivity contribution in [1.82, 2.24) is 0 Å². The number of nitro benzene ring substituents is 1. The zero-order chi connectivity index (χ0) is 22.2. The lowest BCUT2D eigenvalue weighted by Crippen LogP contribution is -2.52. The van der Waals surface area contributed by atoms with E-state index in [1.54, 1.807) is 5.32 Å². The fourth-order valence-electron chi connectivity index (χ4n) is 2.02. The lowest BCUT2D eigenvalue weighted by Gasteiger charge is -2.25. The summed E-state index contributed by atoms with van der Waals surface area (Å²) >= 11 is 0. The van der Waals surface area contributed by atoms with Crippen LogP contribution >= 0.6 is 0 Å². The molecule has 1 amide bonds. The summed E-state index contributed by atoms with van der Waals surface area (Å²) < 4.78 is 77.1. The normalized spacial score (nSPS) is 14.1. The summed E-state index contributed by atoms with van der Waals surface area (Å²) in [7, 11) is -4.31. The fourth-order valence-corrected chi connectivity index (χ4v) is 3.29. The van der Waals surface area contributed by atoms with Gasteiger partial charge >= 0.3 is 6.18 Å². The SMILES string of the molecule is CC(O)(C(=O)Nc1ccc(S(=O)(=O)c2ccc([N+](=O)[O-])cc2)cc1F)C(F)(F)F. The summed E-state index contributed by atoms with van der Waals surface area (Å²) in [5, 5.41) is 21.4. The van der Waals surface area contributed by atoms with Crippen LogP contribution in [-0.4, -0.2) is 36.1 Å². The maximum atomic E-state index is 14.2. The van der Waals surface area contributed by atoms with Crippen molar-refractivity contribution in [2.24, 2.45) is 0 Å². The van der Waals surface area contributed by atoms with Gasteiger partial charge < -0.3 is 10.4 Å². The molecule has 1 atom stereocenters. The van der Waals surface area contributed by atoms with E-state index in [9.17, 15) is 46.0 Å². The minimum Gasteiger partial charge on any atom is -0.373 e. The standard InChI is InChI=1S/C16H12F4N2O6S/c1-15(24,16(18,19)20)14(23)21-13-7-6-11(8-12(13)17)29(27,28)10-4-2-9(3-5-10)22(25)26/h2-8,24H,1H3,(H,21,23). The summed E-state index contributed by atoms with van der Waals surface area (Å²) in [5.74, 6) is -3.34. The third-order valence-corrected chi connectivity index (χ3v) is 5.62. The molecule has 0 bridgehead atoms. The Bertz CT molecular complexity index is 1070. The molecule has 0 saturated heterocycles. The lowest BCUT2D eigenvalue weighted by atomic mass is 10.1. The number of carbonyl (C=O) groups excluding carboxylic acids is 1. The molecule has 0 aliphatic carbocycles. The number of nitrogens with zero attached hydrogens (tertiary/aromatic N) is 1. The second-order valence-electron chi connectivity index (χ2n) is 5.92. The predicted octanol–water partition coefficient (Wildman–Crippen LogP) is 2.82. The number of carbonyl (C=O) groups is 1. The molecule has 0 aliphatic heterocycles. The number of hydrogen-bond acceptors (Lipinski definition) is 6. The number of hydrogen-bond donors (Lipinski definition) is 2. The lowest BCUT2D eigenvalue weighted by molar-refractivity contribution is -0.384. The molecule has 2 aromatic carbocycles. The van der Waals surface area contributed by atoms with Gasteiger partial charge in [0, 0.05) is 12.1 Å². The largest absolute Gasteiger partial charge is 0.426 e. The smallest absolute Gasteiger partial charge is 0.373 e. The molecule has 156 valence electrons. The summed E-state index contributed by atoms with van der Waals surface area (Å²) in [6, 6.07) is 5.70. The highest BCUT2D eigenvalue weighted by Crippen LogP contribution is 2.32. The van der Waals surface area contributed by atoms with Crippen LogP contribution in [-0.2, 0) is 14.6 Å². The third-order valence-electron chi connectivity index (χ3n) is 3.85. The van der Waals surface area contributed by atoms with Crippen LogP contribution in [0.2, 0.25) is 0 Å². The van der Waals surface area contributed by atoms with Gasteiger partial charge in [0.1, 0.15) is 5.82 Å². The van der Waals surface area contributed by atoms with Gasteiger partial charge in [0.2, 0.25) is 15.4 Å². The van der Waals surface area contributed by atoms with Crippen molar-refractivity contribution >= 4 is 27.1 Å². The van der Waals surface area contributed by atoms with E-state index in [0.717, 1.165) is 30.3 Å². The van der Waals surface area contributed by atoms with E-state index in [1.165, 1.54) is 0 Å². The first-order valence-corrected chi connectivity index (χ1v) is 9.06. The Kier molecular flexibility index (Phi) is 5.68. The molecule has 13 heteroatoms. The Morgan fingerprint density at radius 2 is 1.62 bits per heavy atom. The number of aliphatic hydroxyl groups is 1. The second-order valence-corrected chi connectivity index (χ2v) is 7.87. The van der Waals surface area contributed by atoms with Gasteiger partial charge in [-0.05, 0) is 37.3 Å². The van der Waals surface area contributed by atoms with Gasteiger partial charge in [-0.2, -0.15) is 13.2 Å². The van der Waals surface area contributed by atoms with Crippen molar-refractivity contribution < 1.29 is 40.8 Å². The molecule has 0 aromatic heterocycles. The van der Waals surface area contributed by atoms with E-state index in [0.29, 0.717) is 12.1 Å². The molecule has 8 nitrogen and oxygen atoms in total. The highest BCUT2D eigenvalue weighted by molar-refractivity contribution is 7.91. The number of benzene rings is 2. The van der Waals surface area contributed by atoms with Crippen molar-refractivity contribution in [3.63, 3.8) is 0 Å². The Hall–Kier alpha value is -3.06. The van der Waals surface area contributed by atoms with Crippen molar-refractivity contribution in [3.05, 3.63) is 58.4 Å². The molecular weight excluding hydrogens is 424 g/mol. The van der Waals surface area contributed by atoms with E-state index in [-0.39, 0.29) is 17.5 Å². The number of alkyl halides is 3. The average Bonchev–Trinajstić information content (AvgIpc) is 2.62.